The van der Waals surface area contributed by atoms with Crippen molar-refractivity contribution in [2.24, 2.45) is 0 Å². The van der Waals surface area contributed by atoms with Gasteiger partial charge in [-0.15, -0.1) is 0 Å². The van der Waals surface area contributed by atoms with Crippen LogP contribution in [0.4, 0.5) is 0 Å². The summed E-state index contributed by atoms with van der Waals surface area (Å²) in [6.07, 6.45) is -0.743. The molecular formula is C17H25NO4. The molecule has 2 saturated heterocycles. The van der Waals surface area contributed by atoms with E-state index >= 15 is 0 Å². The van der Waals surface area contributed by atoms with E-state index in [2.05, 4.69) is 5.32 Å². The molecule has 2 aliphatic rings. The molecule has 1 N–H and O–H groups in total. The molecule has 122 valence electrons. The Labute approximate surface area is 131 Å². The first kappa shape index (κ1) is 15.9. The van der Waals surface area contributed by atoms with Crippen molar-refractivity contribution in [3.63, 3.8) is 0 Å². The van der Waals surface area contributed by atoms with Crippen LogP contribution in [0.3, 0.4) is 0 Å². The van der Waals surface area contributed by atoms with E-state index in [1.54, 1.807) is 0 Å². The molecule has 3 rings (SSSR count). The third-order valence-corrected chi connectivity index (χ3v) is 4.23. The zero-order valence-electron chi connectivity index (χ0n) is 13.6. The lowest BCUT2D eigenvalue weighted by Crippen LogP contribution is -2.60. The third kappa shape index (κ3) is 3.19. The Morgan fingerprint density at radius 2 is 1.82 bits per heavy atom. The molecule has 2 aliphatic heterocycles. The van der Waals surface area contributed by atoms with Crippen molar-refractivity contribution < 1.29 is 18.9 Å². The molecule has 22 heavy (non-hydrogen) atoms. The van der Waals surface area contributed by atoms with Crippen LogP contribution in [0.5, 0.6) is 0 Å². The maximum Gasteiger partial charge on any atom is 0.187 e. The molecule has 5 nitrogen and oxygen atoms in total. The number of nitrogens with one attached hydrogen (secondary N) is 1. The minimum atomic E-state index is -0.619. The van der Waals surface area contributed by atoms with Gasteiger partial charge in [0.2, 0.25) is 0 Å². The van der Waals surface area contributed by atoms with Gasteiger partial charge in [0.1, 0.15) is 12.2 Å². The molecular weight excluding hydrogens is 282 g/mol. The number of hydrogen-bond donors (Lipinski definition) is 1. The van der Waals surface area contributed by atoms with E-state index in [1.165, 1.54) is 0 Å². The molecule has 1 aromatic carbocycles. The van der Waals surface area contributed by atoms with Crippen molar-refractivity contribution in [1.29, 1.82) is 0 Å². The van der Waals surface area contributed by atoms with Crippen LogP contribution in [0.2, 0.25) is 0 Å². The third-order valence-electron chi connectivity index (χ3n) is 4.23. The summed E-state index contributed by atoms with van der Waals surface area (Å²) in [5.41, 5.74) is 1.12. The van der Waals surface area contributed by atoms with Crippen LogP contribution < -0.4 is 5.32 Å². The fraction of sp³-hybridized carbons (Fsp3) is 0.647. The highest BCUT2D eigenvalue weighted by Crippen LogP contribution is 2.37. The van der Waals surface area contributed by atoms with Crippen LogP contribution in [0.25, 0.3) is 0 Å². The van der Waals surface area contributed by atoms with Crippen molar-refractivity contribution in [2.75, 3.05) is 7.05 Å². The zero-order valence-corrected chi connectivity index (χ0v) is 13.6. The molecule has 0 aliphatic carbocycles. The Kier molecular flexibility index (Phi) is 4.52. The number of likely N-dealkylation sites (N-methyl/N-ethyl adjacent to an activating group) is 1. The van der Waals surface area contributed by atoms with E-state index in [0.29, 0.717) is 6.61 Å². The predicted octanol–water partition coefficient (Wildman–Crippen LogP) is 2.06. The lowest BCUT2D eigenvalue weighted by Gasteiger charge is -2.40. The molecule has 3 unspecified atom stereocenters. The van der Waals surface area contributed by atoms with Gasteiger partial charge in [-0.2, -0.15) is 0 Å². The monoisotopic (exact) mass is 307 g/mol. The van der Waals surface area contributed by atoms with Gasteiger partial charge in [-0.3, -0.25) is 0 Å². The van der Waals surface area contributed by atoms with E-state index < -0.39 is 12.1 Å². The molecule has 2 heterocycles. The molecule has 0 amide bonds. The number of rotatable bonds is 4. The smallest absolute Gasteiger partial charge is 0.187 e. The van der Waals surface area contributed by atoms with Gasteiger partial charge in [-0.25, -0.2) is 0 Å². The Morgan fingerprint density at radius 1 is 1.14 bits per heavy atom. The number of ether oxygens (including phenoxy) is 4. The maximum absolute atomic E-state index is 6.06. The summed E-state index contributed by atoms with van der Waals surface area (Å²) in [6.45, 7) is 6.38. The first-order valence-corrected chi connectivity index (χ1v) is 7.84. The number of fused-ring (bicyclic) bond motifs is 1. The fourth-order valence-electron chi connectivity index (χ4n) is 3.23. The highest BCUT2D eigenvalue weighted by molar-refractivity contribution is 5.13. The molecule has 2 fully saturated rings. The van der Waals surface area contributed by atoms with Crippen LogP contribution in [0.1, 0.15) is 26.3 Å². The number of hydrogen-bond acceptors (Lipinski definition) is 5. The molecule has 0 spiro atoms. The summed E-state index contributed by atoms with van der Waals surface area (Å²) in [4.78, 5) is 0. The van der Waals surface area contributed by atoms with E-state index in [-0.39, 0.29) is 24.4 Å². The topological polar surface area (TPSA) is 49.0 Å². The first-order chi connectivity index (χ1) is 10.5. The van der Waals surface area contributed by atoms with Crippen molar-refractivity contribution in [2.45, 2.75) is 63.8 Å². The van der Waals surface area contributed by atoms with Crippen LogP contribution >= 0.6 is 0 Å². The average Bonchev–Trinajstić information content (AvgIpc) is 2.81. The largest absolute Gasteiger partial charge is 0.345 e. The van der Waals surface area contributed by atoms with Gasteiger partial charge in [0.25, 0.3) is 0 Å². The summed E-state index contributed by atoms with van der Waals surface area (Å²) in [6, 6.07) is 10.2. The van der Waals surface area contributed by atoms with Crippen LogP contribution in [0.15, 0.2) is 30.3 Å². The Hall–Kier alpha value is -0.980. The highest BCUT2D eigenvalue weighted by Gasteiger charge is 2.54. The second-order valence-corrected chi connectivity index (χ2v) is 6.39. The fourth-order valence-corrected chi connectivity index (χ4v) is 3.23. The standard InChI is InChI=1S/C17H25NO4/c1-11-13(18-4)14-15(22-17(2,3)21-14)16(20-11)19-10-12-8-6-5-7-9-12/h5-9,11,13-16,18H,10H2,1-4H3/t11-,13?,14?,15?,16-/m1/s1. The zero-order chi connectivity index (χ0) is 15.7. The normalized spacial score (nSPS) is 37.0. The minimum absolute atomic E-state index is 0.00970. The molecule has 0 saturated carbocycles. The summed E-state index contributed by atoms with van der Waals surface area (Å²) in [5, 5.41) is 3.27. The van der Waals surface area contributed by atoms with Crippen molar-refractivity contribution in [3.05, 3.63) is 35.9 Å². The lowest BCUT2D eigenvalue weighted by molar-refractivity contribution is -0.258. The summed E-state index contributed by atoms with van der Waals surface area (Å²) in [7, 11) is 1.92. The molecule has 1 aromatic rings. The van der Waals surface area contributed by atoms with E-state index in [0.717, 1.165) is 5.56 Å². The SMILES string of the molecule is CNC1C2OC(C)(C)OC2[C@H](OCc2ccccc2)O[C@@H]1C. The maximum atomic E-state index is 6.06. The highest BCUT2D eigenvalue weighted by atomic mass is 16.8. The average molecular weight is 307 g/mol. The van der Waals surface area contributed by atoms with Crippen molar-refractivity contribution in [3.8, 4) is 0 Å². The Bertz CT molecular complexity index is 493. The minimum Gasteiger partial charge on any atom is -0.345 e. The summed E-state index contributed by atoms with van der Waals surface area (Å²) < 4.78 is 24.1. The van der Waals surface area contributed by atoms with Crippen molar-refractivity contribution in [1.82, 2.24) is 5.32 Å². The van der Waals surface area contributed by atoms with Crippen molar-refractivity contribution >= 4 is 0 Å². The lowest BCUT2D eigenvalue weighted by atomic mass is 9.97. The van der Waals surface area contributed by atoms with Gasteiger partial charge >= 0.3 is 0 Å². The molecule has 0 radical (unpaired) electrons. The molecule has 0 bridgehead atoms. The number of benzene rings is 1. The van der Waals surface area contributed by atoms with Crippen LogP contribution in [-0.2, 0) is 25.6 Å². The van der Waals surface area contributed by atoms with Gasteiger partial charge in [0, 0.05) is 0 Å². The second-order valence-electron chi connectivity index (χ2n) is 6.39. The predicted molar refractivity (Wildman–Crippen MR) is 82.2 cm³/mol. The Morgan fingerprint density at radius 3 is 2.50 bits per heavy atom. The van der Waals surface area contributed by atoms with Gasteiger partial charge in [-0.1, -0.05) is 30.3 Å². The van der Waals surface area contributed by atoms with E-state index in [9.17, 15) is 0 Å². The second kappa shape index (κ2) is 6.26. The van der Waals surface area contributed by atoms with Crippen LogP contribution in [-0.4, -0.2) is 43.5 Å². The first-order valence-electron chi connectivity index (χ1n) is 7.84. The quantitative estimate of drug-likeness (QED) is 0.922. The summed E-state index contributed by atoms with van der Waals surface area (Å²) in [5.74, 6) is -0.619. The summed E-state index contributed by atoms with van der Waals surface area (Å²) >= 11 is 0. The van der Waals surface area contributed by atoms with Gasteiger partial charge in [-0.05, 0) is 33.4 Å². The molecule has 0 aromatic heterocycles. The van der Waals surface area contributed by atoms with Crippen LogP contribution in [0, 0.1) is 0 Å². The Balaban J connectivity index is 1.71. The van der Waals surface area contributed by atoms with E-state index in [4.69, 9.17) is 18.9 Å². The van der Waals surface area contributed by atoms with Gasteiger partial charge in [0.05, 0.1) is 18.8 Å². The van der Waals surface area contributed by atoms with Gasteiger partial charge < -0.3 is 24.3 Å². The molecule has 5 heteroatoms. The van der Waals surface area contributed by atoms with Gasteiger partial charge in [0.15, 0.2) is 12.1 Å². The molecule has 5 atom stereocenters. The van der Waals surface area contributed by atoms with E-state index in [1.807, 2.05) is 58.2 Å².